The van der Waals surface area contributed by atoms with Crippen molar-refractivity contribution in [1.82, 2.24) is 19.8 Å². The maximum Gasteiger partial charge on any atom is 0.296 e. The van der Waals surface area contributed by atoms with Crippen LogP contribution >= 0.6 is 0 Å². The molecule has 2 aromatic carbocycles. The Hall–Kier alpha value is -3.98. The summed E-state index contributed by atoms with van der Waals surface area (Å²) >= 11 is 0. The number of aromatic hydroxyl groups is 1. The van der Waals surface area contributed by atoms with Gasteiger partial charge in [0, 0.05) is 25.2 Å². The van der Waals surface area contributed by atoms with Gasteiger partial charge in [-0.3, -0.25) is 19.0 Å². The molecular formula is C28H30N4O5. The first-order chi connectivity index (χ1) is 17.8. The van der Waals surface area contributed by atoms with Crippen molar-refractivity contribution in [2.45, 2.75) is 45.4 Å². The zero-order valence-electron chi connectivity index (χ0n) is 21.0. The Bertz CT molecular complexity index is 1420. The molecule has 0 aliphatic carbocycles. The van der Waals surface area contributed by atoms with Crippen LogP contribution in [0, 0.1) is 0 Å². The zero-order valence-corrected chi connectivity index (χ0v) is 21.0. The number of hydrogen-bond donors (Lipinski definition) is 2. The van der Waals surface area contributed by atoms with E-state index in [2.05, 4.69) is 10.3 Å². The van der Waals surface area contributed by atoms with Crippen LogP contribution in [-0.4, -0.2) is 51.1 Å². The van der Waals surface area contributed by atoms with Crippen LogP contribution in [0.4, 0.5) is 0 Å². The highest BCUT2D eigenvalue weighted by Crippen LogP contribution is 2.28. The standard InChI is InChI=1S/C28H30N4O5/c1-28(2)27-30-22(23(33)26(36)32(27)14-15-37-28)24(34)29-17-20-8-3-4-11-21(20)18-9-7-10-19(16-18)25(35)31-12-5-6-13-31/h3-4,7-11,16,33H,5-6,12-15,17H2,1-2H3,(H,29,34). The Morgan fingerprint density at radius 1 is 1.08 bits per heavy atom. The lowest BCUT2D eigenvalue weighted by molar-refractivity contribution is -0.0566. The summed E-state index contributed by atoms with van der Waals surface area (Å²) in [5.74, 6) is -1.02. The molecule has 1 aromatic heterocycles. The highest BCUT2D eigenvalue weighted by atomic mass is 16.5. The first kappa shape index (κ1) is 24.7. The van der Waals surface area contributed by atoms with Crippen molar-refractivity contribution in [1.29, 1.82) is 0 Å². The maximum absolute atomic E-state index is 13.1. The van der Waals surface area contributed by atoms with Gasteiger partial charge in [-0.2, -0.15) is 0 Å². The number of aromatic nitrogens is 2. The van der Waals surface area contributed by atoms with Crippen molar-refractivity contribution in [2.24, 2.45) is 0 Å². The molecule has 1 fully saturated rings. The monoisotopic (exact) mass is 502 g/mol. The quantitative estimate of drug-likeness (QED) is 0.555. The SMILES string of the molecule is CC1(C)OCCn2c1nc(C(=O)NCc1ccccc1-c1cccc(C(=O)N3CCCC3)c1)c(O)c2=O. The van der Waals surface area contributed by atoms with Crippen LogP contribution in [0.3, 0.4) is 0 Å². The lowest BCUT2D eigenvalue weighted by Crippen LogP contribution is -2.42. The smallest absolute Gasteiger partial charge is 0.296 e. The second-order valence-electron chi connectivity index (χ2n) is 9.87. The number of ether oxygens (including phenoxy) is 1. The number of carbonyl (C=O) groups excluding carboxylic acids is 2. The fourth-order valence-electron chi connectivity index (χ4n) is 4.96. The predicted molar refractivity (Wildman–Crippen MR) is 137 cm³/mol. The van der Waals surface area contributed by atoms with E-state index in [1.54, 1.807) is 13.8 Å². The molecule has 2 N–H and O–H groups in total. The van der Waals surface area contributed by atoms with Gasteiger partial charge in [-0.25, -0.2) is 4.98 Å². The number of nitrogens with zero attached hydrogens (tertiary/aromatic N) is 3. The fraction of sp³-hybridized carbons (Fsp3) is 0.357. The van der Waals surface area contributed by atoms with Gasteiger partial charge in [-0.1, -0.05) is 36.4 Å². The Kier molecular flexibility index (Phi) is 6.55. The molecule has 3 aromatic rings. The van der Waals surface area contributed by atoms with Gasteiger partial charge in [0.05, 0.1) is 13.2 Å². The van der Waals surface area contributed by atoms with E-state index in [1.165, 1.54) is 4.57 Å². The number of rotatable bonds is 5. The largest absolute Gasteiger partial charge is 0.501 e. The third-order valence-corrected chi connectivity index (χ3v) is 6.95. The van der Waals surface area contributed by atoms with Gasteiger partial charge >= 0.3 is 0 Å². The van der Waals surface area contributed by atoms with Crippen molar-refractivity contribution in [3.63, 3.8) is 0 Å². The van der Waals surface area contributed by atoms with Gasteiger partial charge in [0.1, 0.15) is 11.4 Å². The minimum Gasteiger partial charge on any atom is -0.501 e. The molecule has 3 heterocycles. The Labute approximate surface area is 214 Å². The van der Waals surface area contributed by atoms with Crippen molar-refractivity contribution >= 4 is 11.8 Å². The molecular weight excluding hydrogens is 472 g/mol. The molecule has 9 nitrogen and oxygen atoms in total. The molecule has 0 unspecified atom stereocenters. The van der Waals surface area contributed by atoms with Gasteiger partial charge in [0.15, 0.2) is 5.69 Å². The Morgan fingerprint density at radius 2 is 1.84 bits per heavy atom. The summed E-state index contributed by atoms with van der Waals surface area (Å²) in [6.07, 6.45) is 2.05. The summed E-state index contributed by atoms with van der Waals surface area (Å²) in [4.78, 5) is 44.9. The normalized spacial score (nSPS) is 16.3. The van der Waals surface area contributed by atoms with E-state index in [1.807, 2.05) is 53.4 Å². The van der Waals surface area contributed by atoms with Crippen molar-refractivity contribution < 1.29 is 19.4 Å². The van der Waals surface area contributed by atoms with Crippen LogP contribution in [0.2, 0.25) is 0 Å². The molecule has 5 rings (SSSR count). The number of hydrogen-bond acceptors (Lipinski definition) is 6. The topological polar surface area (TPSA) is 114 Å². The van der Waals surface area contributed by atoms with E-state index < -0.39 is 22.8 Å². The summed E-state index contributed by atoms with van der Waals surface area (Å²) in [5.41, 5.74) is 1.32. The maximum atomic E-state index is 13.1. The highest BCUT2D eigenvalue weighted by molar-refractivity contribution is 5.96. The molecule has 2 amide bonds. The molecule has 9 heteroatoms. The Morgan fingerprint density at radius 3 is 2.62 bits per heavy atom. The van der Waals surface area contributed by atoms with Crippen LogP contribution < -0.4 is 10.9 Å². The lowest BCUT2D eigenvalue weighted by Gasteiger charge is -2.32. The minimum absolute atomic E-state index is 0.0253. The molecule has 0 bridgehead atoms. The molecule has 2 aliphatic heterocycles. The number of benzene rings is 2. The van der Waals surface area contributed by atoms with Gasteiger partial charge in [-0.15, -0.1) is 0 Å². The van der Waals surface area contributed by atoms with Crippen molar-refractivity contribution in [3.8, 4) is 16.9 Å². The number of fused-ring (bicyclic) bond motifs is 1. The molecule has 0 saturated carbocycles. The molecule has 37 heavy (non-hydrogen) atoms. The number of nitrogens with one attached hydrogen (secondary N) is 1. The Balaban J connectivity index is 1.39. The van der Waals surface area contributed by atoms with Crippen molar-refractivity contribution in [2.75, 3.05) is 19.7 Å². The van der Waals surface area contributed by atoms with Crippen molar-refractivity contribution in [3.05, 3.63) is 81.5 Å². The lowest BCUT2D eigenvalue weighted by atomic mass is 9.97. The average Bonchev–Trinajstić information content (AvgIpc) is 3.44. The molecule has 0 spiro atoms. The summed E-state index contributed by atoms with van der Waals surface area (Å²) < 4.78 is 7.06. The first-order valence-corrected chi connectivity index (χ1v) is 12.5. The van der Waals surface area contributed by atoms with Crippen LogP contribution in [0.5, 0.6) is 5.75 Å². The summed E-state index contributed by atoms with van der Waals surface area (Å²) in [6, 6.07) is 15.1. The first-order valence-electron chi connectivity index (χ1n) is 12.5. The third kappa shape index (κ3) is 4.74. The van der Waals surface area contributed by atoms with E-state index in [0.717, 1.165) is 42.6 Å². The highest BCUT2D eigenvalue weighted by Gasteiger charge is 2.34. The molecule has 0 radical (unpaired) electrons. The number of amides is 2. The van der Waals surface area contributed by atoms with Crippen LogP contribution in [0.1, 0.15) is 58.9 Å². The summed E-state index contributed by atoms with van der Waals surface area (Å²) in [6.45, 7) is 5.80. The second kappa shape index (κ2) is 9.82. The zero-order chi connectivity index (χ0) is 26.2. The molecule has 192 valence electrons. The van der Waals surface area contributed by atoms with Gasteiger partial charge in [0.2, 0.25) is 5.75 Å². The van der Waals surface area contributed by atoms with Crippen LogP contribution in [0.25, 0.3) is 11.1 Å². The minimum atomic E-state index is -0.871. The van der Waals surface area contributed by atoms with E-state index in [9.17, 15) is 19.5 Å². The van der Waals surface area contributed by atoms with Gasteiger partial charge in [0.25, 0.3) is 17.4 Å². The second-order valence-corrected chi connectivity index (χ2v) is 9.87. The van der Waals surface area contributed by atoms with E-state index in [0.29, 0.717) is 18.0 Å². The van der Waals surface area contributed by atoms with Crippen LogP contribution in [-0.2, 0) is 23.4 Å². The third-order valence-electron chi connectivity index (χ3n) is 6.95. The summed E-state index contributed by atoms with van der Waals surface area (Å²) in [5, 5.41) is 13.2. The molecule has 2 aliphatic rings. The van der Waals surface area contributed by atoms with E-state index >= 15 is 0 Å². The van der Waals surface area contributed by atoms with E-state index in [-0.39, 0.29) is 24.7 Å². The summed E-state index contributed by atoms with van der Waals surface area (Å²) in [7, 11) is 0. The van der Waals surface area contributed by atoms with Gasteiger partial charge in [-0.05, 0) is 55.5 Å². The number of likely N-dealkylation sites (tertiary alicyclic amines) is 1. The average molecular weight is 503 g/mol. The van der Waals surface area contributed by atoms with E-state index in [4.69, 9.17) is 4.74 Å². The molecule has 0 atom stereocenters. The predicted octanol–water partition coefficient (Wildman–Crippen LogP) is 3.05. The number of carbonyl (C=O) groups is 2. The fourth-order valence-corrected chi connectivity index (χ4v) is 4.96. The van der Waals surface area contributed by atoms with Crippen LogP contribution in [0.15, 0.2) is 53.3 Å². The van der Waals surface area contributed by atoms with Gasteiger partial charge < -0.3 is 20.1 Å². The molecule has 1 saturated heterocycles.